The lowest BCUT2D eigenvalue weighted by atomic mass is 9.83. The Balaban J connectivity index is 1.44. The van der Waals surface area contributed by atoms with E-state index in [2.05, 4.69) is 42.0 Å². The Morgan fingerprint density at radius 2 is 1.70 bits per heavy atom. The molecule has 0 radical (unpaired) electrons. The Labute approximate surface area is 275 Å². The van der Waals surface area contributed by atoms with E-state index in [1.165, 1.54) is 5.57 Å². The number of carbonyl (C=O) groups is 1. The fraction of sp³-hybridized carbons (Fsp3) is 0.421. The third-order valence-corrected chi connectivity index (χ3v) is 9.64. The van der Waals surface area contributed by atoms with Crippen LogP contribution < -0.4 is 20.2 Å². The van der Waals surface area contributed by atoms with Crippen LogP contribution in [-0.2, 0) is 9.53 Å². The molecule has 1 aromatic heterocycles. The standard InChI is InChI=1S/C38H43N5O4/c1-22-19-29-23(2)26(25-20-40-37(41-21-25)43-16-14-42(6)15-17-43)7-8-27(29)33(31(22)35(36(44)45)47-38(3,4)5)28-9-10-30-32-24(12-18-46-30)11-13-39-34(28)32/h7-10,19-21,35H,11-18H2,1-6H3,(H,44,45)/t35-/m0/s1. The maximum atomic E-state index is 13.0. The summed E-state index contributed by atoms with van der Waals surface area (Å²) in [6.07, 6.45) is 4.45. The smallest absolute Gasteiger partial charge is 0.337 e. The van der Waals surface area contributed by atoms with Gasteiger partial charge in [-0.15, -0.1) is 0 Å². The van der Waals surface area contributed by atoms with Crippen LogP contribution in [0.2, 0.25) is 0 Å². The number of aliphatic carboxylic acids is 1. The number of hydrogen-bond acceptors (Lipinski definition) is 8. The number of hydrogen-bond donors (Lipinski definition) is 1. The van der Waals surface area contributed by atoms with Crippen LogP contribution in [0, 0.1) is 13.8 Å². The Bertz CT molecular complexity index is 2010. The monoisotopic (exact) mass is 633 g/mol. The molecule has 244 valence electrons. The summed E-state index contributed by atoms with van der Waals surface area (Å²) in [6, 6.07) is 10.4. The molecule has 1 saturated heterocycles. The summed E-state index contributed by atoms with van der Waals surface area (Å²) < 4.78 is 12.4. The summed E-state index contributed by atoms with van der Waals surface area (Å²) in [7, 11) is 2.14. The van der Waals surface area contributed by atoms with Gasteiger partial charge in [0.1, 0.15) is 5.75 Å². The van der Waals surface area contributed by atoms with Gasteiger partial charge in [0.25, 0.3) is 0 Å². The van der Waals surface area contributed by atoms with Crippen LogP contribution in [0.25, 0.3) is 38.6 Å². The molecule has 4 aromatic rings. The predicted molar refractivity (Wildman–Crippen MR) is 185 cm³/mol. The molecule has 4 heterocycles. The maximum absolute atomic E-state index is 13.0. The van der Waals surface area contributed by atoms with Gasteiger partial charge in [-0.25, -0.2) is 14.8 Å². The molecule has 3 aromatic carbocycles. The number of ether oxygens (including phenoxy) is 2. The maximum Gasteiger partial charge on any atom is 0.337 e. The van der Waals surface area contributed by atoms with E-state index >= 15 is 0 Å². The van der Waals surface area contributed by atoms with E-state index in [-0.39, 0.29) is 0 Å². The molecule has 0 aliphatic carbocycles. The van der Waals surface area contributed by atoms with Crippen LogP contribution in [0.4, 0.5) is 5.95 Å². The van der Waals surface area contributed by atoms with E-state index in [4.69, 9.17) is 24.4 Å². The molecular formula is C38H43N5O4. The quantitative estimate of drug-likeness (QED) is 0.308. The van der Waals surface area contributed by atoms with Gasteiger partial charge < -0.3 is 24.4 Å². The van der Waals surface area contributed by atoms with Crippen LogP contribution in [0.1, 0.15) is 56.4 Å². The van der Waals surface area contributed by atoms with Crippen LogP contribution >= 0.6 is 0 Å². The highest BCUT2D eigenvalue weighted by Crippen LogP contribution is 2.42. The molecule has 1 N–H and O–H groups in total. The second kappa shape index (κ2) is 12.0. The molecule has 1 atom stereocenters. The highest BCUT2D eigenvalue weighted by molar-refractivity contribution is 6.04. The summed E-state index contributed by atoms with van der Waals surface area (Å²) in [6.45, 7) is 15.0. The van der Waals surface area contributed by atoms with Crippen molar-refractivity contribution in [1.82, 2.24) is 14.9 Å². The number of carboxylic acids is 1. The average molecular weight is 634 g/mol. The number of aryl methyl sites for hydroxylation is 2. The number of nitrogens with zero attached hydrogens (tertiary/aromatic N) is 5. The summed E-state index contributed by atoms with van der Waals surface area (Å²) in [5, 5.41) is 14.6. The van der Waals surface area contributed by atoms with Gasteiger partial charge in [-0.2, -0.15) is 0 Å². The highest BCUT2D eigenvalue weighted by atomic mass is 16.5. The number of rotatable bonds is 6. The minimum atomic E-state index is -1.17. The van der Waals surface area contributed by atoms with Crippen molar-refractivity contribution in [2.45, 2.75) is 59.2 Å². The highest BCUT2D eigenvalue weighted by Gasteiger charge is 2.33. The first kappa shape index (κ1) is 31.3. The lowest BCUT2D eigenvalue weighted by Crippen LogP contribution is -2.45. The molecule has 1 fully saturated rings. The Morgan fingerprint density at radius 1 is 0.979 bits per heavy atom. The number of carboxylic acid groups (broad SMARTS) is 1. The fourth-order valence-electron chi connectivity index (χ4n) is 7.29. The fourth-order valence-corrected chi connectivity index (χ4v) is 7.29. The van der Waals surface area contributed by atoms with Crippen LogP contribution in [0.5, 0.6) is 5.75 Å². The van der Waals surface area contributed by atoms with Gasteiger partial charge in [0.05, 0.1) is 17.6 Å². The van der Waals surface area contributed by atoms with Crippen molar-refractivity contribution in [3.63, 3.8) is 0 Å². The van der Waals surface area contributed by atoms with Gasteiger partial charge in [-0.1, -0.05) is 23.8 Å². The van der Waals surface area contributed by atoms with E-state index in [0.29, 0.717) is 18.7 Å². The van der Waals surface area contributed by atoms with Crippen molar-refractivity contribution in [3.8, 4) is 28.0 Å². The van der Waals surface area contributed by atoms with E-state index < -0.39 is 17.7 Å². The van der Waals surface area contributed by atoms with Gasteiger partial charge in [0.15, 0.2) is 6.10 Å². The lowest BCUT2D eigenvalue weighted by Gasteiger charge is -2.32. The molecule has 0 unspecified atom stereocenters. The van der Waals surface area contributed by atoms with Crippen molar-refractivity contribution in [2.75, 3.05) is 51.3 Å². The normalized spacial score (nSPS) is 17.2. The first-order valence-corrected chi connectivity index (χ1v) is 16.6. The number of likely N-dealkylation sites (N-methyl/N-ethyl adjacent to an activating group) is 1. The SMILES string of the molecule is Cc1cc2c(C)c(-c3cnc(N4CCN(C)CC4)nc3)ccc2c(-c2ccc3c4c2=NCCC=4CCO3)c1[C@H](OC(C)(C)C)C(=O)O. The minimum absolute atomic E-state index is 0.655. The number of piperazine rings is 1. The molecule has 3 aliphatic rings. The van der Waals surface area contributed by atoms with E-state index in [1.54, 1.807) is 0 Å². The molecule has 7 rings (SSSR count). The second-order valence-electron chi connectivity index (χ2n) is 14.0. The van der Waals surface area contributed by atoms with E-state index in [9.17, 15) is 9.90 Å². The lowest BCUT2D eigenvalue weighted by molar-refractivity contribution is -0.160. The zero-order valence-electron chi connectivity index (χ0n) is 28.2. The van der Waals surface area contributed by atoms with Gasteiger partial charge in [0, 0.05) is 73.4 Å². The topological polar surface area (TPSA) is 100 Å². The zero-order valence-corrected chi connectivity index (χ0v) is 28.2. The Kier molecular flexibility index (Phi) is 8.00. The number of fused-ring (bicyclic) bond motifs is 1. The molecule has 0 bridgehead atoms. The average Bonchev–Trinajstić information content (AvgIpc) is 3.04. The number of anilines is 1. The number of aromatic nitrogens is 2. The second-order valence-corrected chi connectivity index (χ2v) is 14.0. The molecule has 9 nitrogen and oxygen atoms in total. The largest absolute Gasteiger partial charge is 0.493 e. The van der Waals surface area contributed by atoms with Crippen molar-refractivity contribution in [1.29, 1.82) is 0 Å². The summed E-state index contributed by atoms with van der Waals surface area (Å²) in [5.74, 6) is 0.590. The van der Waals surface area contributed by atoms with Gasteiger partial charge in [-0.3, -0.25) is 4.99 Å². The van der Waals surface area contributed by atoms with Crippen molar-refractivity contribution < 1.29 is 19.4 Å². The van der Waals surface area contributed by atoms with Crippen LogP contribution in [0.15, 0.2) is 47.7 Å². The molecule has 3 aliphatic heterocycles. The number of benzene rings is 3. The molecular weight excluding hydrogens is 590 g/mol. The summed E-state index contributed by atoms with van der Waals surface area (Å²) in [4.78, 5) is 32.1. The van der Waals surface area contributed by atoms with E-state index in [0.717, 1.165) is 105 Å². The van der Waals surface area contributed by atoms with Crippen molar-refractivity contribution in [3.05, 3.63) is 70.0 Å². The summed E-state index contributed by atoms with van der Waals surface area (Å²) in [5.41, 5.74) is 7.01. The molecule has 0 saturated carbocycles. The first-order valence-electron chi connectivity index (χ1n) is 16.6. The molecule has 47 heavy (non-hydrogen) atoms. The first-order chi connectivity index (χ1) is 22.5. The molecule has 0 amide bonds. The van der Waals surface area contributed by atoms with Crippen LogP contribution in [0.3, 0.4) is 0 Å². The van der Waals surface area contributed by atoms with Gasteiger partial charge in [-0.05, 0) is 93.2 Å². The van der Waals surface area contributed by atoms with Gasteiger partial charge >= 0.3 is 5.97 Å². The van der Waals surface area contributed by atoms with E-state index in [1.807, 2.05) is 52.2 Å². The Morgan fingerprint density at radius 3 is 2.40 bits per heavy atom. The molecule has 0 spiro atoms. The van der Waals surface area contributed by atoms with Crippen molar-refractivity contribution in [2.24, 2.45) is 4.99 Å². The summed E-state index contributed by atoms with van der Waals surface area (Å²) >= 11 is 0. The predicted octanol–water partition coefficient (Wildman–Crippen LogP) is 5.23. The van der Waals surface area contributed by atoms with Crippen LogP contribution in [-0.4, -0.2) is 77.9 Å². The molecule has 9 heteroatoms. The third-order valence-electron chi connectivity index (χ3n) is 9.64. The Hall–Kier alpha value is -4.34. The van der Waals surface area contributed by atoms with Gasteiger partial charge in [0.2, 0.25) is 5.95 Å². The third kappa shape index (κ3) is 5.76. The minimum Gasteiger partial charge on any atom is -0.493 e. The zero-order chi connectivity index (χ0) is 33.0. The van der Waals surface area contributed by atoms with Crippen molar-refractivity contribution >= 4 is 28.3 Å².